The predicted octanol–water partition coefficient (Wildman–Crippen LogP) is 3.96. The van der Waals surface area contributed by atoms with E-state index in [-0.39, 0.29) is 0 Å². The van der Waals surface area contributed by atoms with Gasteiger partial charge in [-0.25, -0.2) is 0 Å². The number of hydrogen-bond donors (Lipinski definition) is 1. The minimum atomic E-state index is 0.469. The summed E-state index contributed by atoms with van der Waals surface area (Å²) in [6.45, 7) is 2.27. The summed E-state index contributed by atoms with van der Waals surface area (Å²) in [5.74, 6) is 1.34. The normalized spacial score (nSPS) is 24.0. The van der Waals surface area contributed by atoms with Crippen molar-refractivity contribution in [3.05, 3.63) is 0 Å². The van der Waals surface area contributed by atoms with Crippen molar-refractivity contribution in [2.45, 2.75) is 76.0 Å². The maximum absolute atomic E-state index is 6.24. The Kier molecular flexibility index (Phi) is 7.54. The van der Waals surface area contributed by atoms with Crippen LogP contribution in [0.4, 0.5) is 0 Å². The maximum atomic E-state index is 6.24. The molecule has 1 aliphatic rings. The van der Waals surface area contributed by atoms with E-state index < -0.39 is 0 Å². The topological polar surface area (TPSA) is 26.0 Å². The average Bonchev–Trinajstić information content (AvgIpc) is 2.30. The number of thioether (sulfide) groups is 1. The van der Waals surface area contributed by atoms with E-state index >= 15 is 0 Å². The summed E-state index contributed by atoms with van der Waals surface area (Å²) >= 11 is 2.11. The average molecular weight is 229 g/mol. The minimum Gasteiger partial charge on any atom is -0.327 e. The molecular weight excluding hydrogens is 202 g/mol. The van der Waals surface area contributed by atoms with Gasteiger partial charge in [0.2, 0.25) is 0 Å². The van der Waals surface area contributed by atoms with E-state index in [2.05, 4.69) is 18.7 Å². The second-order valence-corrected chi connectivity index (χ2v) is 6.12. The molecule has 1 heterocycles. The first-order valence-corrected chi connectivity index (χ1v) is 7.76. The van der Waals surface area contributed by atoms with Gasteiger partial charge in [-0.1, -0.05) is 45.4 Å². The van der Waals surface area contributed by atoms with Gasteiger partial charge in [0.05, 0.1) is 0 Å². The van der Waals surface area contributed by atoms with Gasteiger partial charge in [0.25, 0.3) is 0 Å². The molecule has 0 radical (unpaired) electrons. The zero-order valence-electron chi connectivity index (χ0n) is 10.2. The van der Waals surface area contributed by atoms with Gasteiger partial charge in [-0.2, -0.15) is 11.8 Å². The molecule has 2 unspecified atom stereocenters. The Balaban J connectivity index is 1.99. The first kappa shape index (κ1) is 13.4. The highest BCUT2D eigenvalue weighted by atomic mass is 32.2. The molecule has 2 N–H and O–H groups in total. The molecule has 0 aromatic heterocycles. The van der Waals surface area contributed by atoms with Crippen LogP contribution in [-0.2, 0) is 0 Å². The fraction of sp³-hybridized carbons (Fsp3) is 1.00. The van der Waals surface area contributed by atoms with Gasteiger partial charge in [0.1, 0.15) is 0 Å². The Hall–Kier alpha value is 0.310. The van der Waals surface area contributed by atoms with Crippen molar-refractivity contribution >= 4 is 11.8 Å². The summed E-state index contributed by atoms with van der Waals surface area (Å²) in [6.07, 6.45) is 12.3. The predicted molar refractivity (Wildman–Crippen MR) is 71.4 cm³/mol. The van der Waals surface area contributed by atoms with Crippen LogP contribution in [0, 0.1) is 0 Å². The minimum absolute atomic E-state index is 0.469. The number of rotatable bonds is 7. The van der Waals surface area contributed by atoms with E-state index in [1.807, 2.05) is 0 Å². The van der Waals surface area contributed by atoms with Crippen molar-refractivity contribution < 1.29 is 0 Å². The molecule has 0 aromatic carbocycles. The largest absolute Gasteiger partial charge is 0.327 e. The molecule has 0 bridgehead atoms. The van der Waals surface area contributed by atoms with Crippen molar-refractivity contribution in [3.63, 3.8) is 0 Å². The highest BCUT2D eigenvalue weighted by Crippen LogP contribution is 2.28. The second kappa shape index (κ2) is 8.46. The van der Waals surface area contributed by atoms with Crippen LogP contribution in [0.15, 0.2) is 0 Å². The summed E-state index contributed by atoms with van der Waals surface area (Å²) in [7, 11) is 0. The van der Waals surface area contributed by atoms with E-state index in [0.717, 1.165) is 5.25 Å². The van der Waals surface area contributed by atoms with Crippen LogP contribution in [0.2, 0.25) is 0 Å². The van der Waals surface area contributed by atoms with Crippen molar-refractivity contribution in [2.24, 2.45) is 5.73 Å². The molecule has 0 aromatic rings. The van der Waals surface area contributed by atoms with Gasteiger partial charge in [-0.3, -0.25) is 0 Å². The molecule has 1 saturated heterocycles. The van der Waals surface area contributed by atoms with Crippen LogP contribution in [0.25, 0.3) is 0 Å². The molecule has 0 amide bonds. The summed E-state index contributed by atoms with van der Waals surface area (Å²) < 4.78 is 0. The summed E-state index contributed by atoms with van der Waals surface area (Å²) in [4.78, 5) is 0. The maximum Gasteiger partial charge on any atom is 0.0199 e. The molecule has 1 nitrogen and oxygen atoms in total. The molecule has 1 aliphatic heterocycles. The van der Waals surface area contributed by atoms with Gasteiger partial charge in [0, 0.05) is 11.3 Å². The van der Waals surface area contributed by atoms with Crippen molar-refractivity contribution in [1.82, 2.24) is 0 Å². The van der Waals surface area contributed by atoms with Crippen LogP contribution in [0.5, 0.6) is 0 Å². The Labute approximate surface area is 99.6 Å². The van der Waals surface area contributed by atoms with E-state index in [9.17, 15) is 0 Å². The molecule has 2 heteroatoms. The van der Waals surface area contributed by atoms with Crippen LogP contribution in [0.3, 0.4) is 0 Å². The molecule has 15 heavy (non-hydrogen) atoms. The van der Waals surface area contributed by atoms with E-state index in [1.54, 1.807) is 0 Å². The molecule has 2 atom stereocenters. The zero-order chi connectivity index (χ0) is 10.9. The smallest absolute Gasteiger partial charge is 0.0199 e. The quantitative estimate of drug-likeness (QED) is 0.669. The number of hydrogen-bond acceptors (Lipinski definition) is 2. The standard InChI is InChI=1S/C13H27NS/c1-2-3-4-5-6-9-12(14)13-10-7-8-11-15-13/h12-13H,2-11,14H2,1H3. The molecule has 1 fully saturated rings. The molecule has 0 aliphatic carbocycles. The summed E-state index contributed by atoms with van der Waals surface area (Å²) in [6, 6.07) is 0.469. The summed E-state index contributed by atoms with van der Waals surface area (Å²) in [5, 5.41) is 0.768. The third kappa shape index (κ3) is 5.82. The van der Waals surface area contributed by atoms with Crippen molar-refractivity contribution in [1.29, 1.82) is 0 Å². The third-order valence-corrected chi connectivity index (χ3v) is 4.87. The molecule has 0 spiro atoms. The van der Waals surface area contributed by atoms with Crippen LogP contribution >= 0.6 is 11.8 Å². The Bertz CT molecular complexity index is 143. The molecule has 90 valence electrons. The van der Waals surface area contributed by atoms with E-state index in [4.69, 9.17) is 5.73 Å². The fourth-order valence-corrected chi connectivity index (χ4v) is 3.66. The molecular formula is C13H27NS. The van der Waals surface area contributed by atoms with Crippen LogP contribution < -0.4 is 5.73 Å². The SMILES string of the molecule is CCCCCCCC(N)C1CCCCS1. The Morgan fingerprint density at radius 1 is 1.20 bits per heavy atom. The second-order valence-electron chi connectivity index (χ2n) is 4.77. The highest BCUT2D eigenvalue weighted by molar-refractivity contribution is 8.00. The lowest BCUT2D eigenvalue weighted by Crippen LogP contribution is -2.34. The molecule has 0 saturated carbocycles. The van der Waals surface area contributed by atoms with Gasteiger partial charge >= 0.3 is 0 Å². The van der Waals surface area contributed by atoms with E-state index in [0.29, 0.717) is 6.04 Å². The van der Waals surface area contributed by atoms with Gasteiger partial charge < -0.3 is 5.73 Å². The van der Waals surface area contributed by atoms with Gasteiger partial charge in [-0.15, -0.1) is 0 Å². The van der Waals surface area contributed by atoms with Crippen molar-refractivity contribution in [2.75, 3.05) is 5.75 Å². The van der Waals surface area contributed by atoms with Crippen LogP contribution in [0.1, 0.15) is 64.7 Å². The Morgan fingerprint density at radius 3 is 2.67 bits per heavy atom. The fourth-order valence-electron chi connectivity index (χ4n) is 2.27. The lowest BCUT2D eigenvalue weighted by molar-refractivity contribution is 0.498. The third-order valence-electron chi connectivity index (χ3n) is 3.33. The monoisotopic (exact) mass is 229 g/mol. The summed E-state index contributed by atoms with van der Waals surface area (Å²) in [5.41, 5.74) is 6.24. The molecule has 1 rings (SSSR count). The van der Waals surface area contributed by atoms with E-state index in [1.165, 1.54) is 63.5 Å². The zero-order valence-corrected chi connectivity index (χ0v) is 11.0. The highest BCUT2D eigenvalue weighted by Gasteiger charge is 2.20. The lowest BCUT2D eigenvalue weighted by Gasteiger charge is -2.27. The first-order chi connectivity index (χ1) is 7.34. The van der Waals surface area contributed by atoms with Crippen LogP contribution in [-0.4, -0.2) is 17.0 Å². The lowest BCUT2D eigenvalue weighted by atomic mass is 10.0. The number of unbranched alkanes of at least 4 members (excludes halogenated alkanes) is 4. The number of nitrogens with two attached hydrogens (primary N) is 1. The van der Waals surface area contributed by atoms with Crippen molar-refractivity contribution in [3.8, 4) is 0 Å². The first-order valence-electron chi connectivity index (χ1n) is 6.71. The van der Waals surface area contributed by atoms with Gasteiger partial charge in [-0.05, 0) is 25.0 Å². The Morgan fingerprint density at radius 2 is 2.00 bits per heavy atom. The van der Waals surface area contributed by atoms with Gasteiger partial charge in [0.15, 0.2) is 0 Å².